The molecule has 0 saturated heterocycles. The summed E-state index contributed by atoms with van der Waals surface area (Å²) >= 11 is 0. The predicted molar refractivity (Wildman–Crippen MR) is 51.8 cm³/mol. The van der Waals surface area contributed by atoms with Gasteiger partial charge in [-0.2, -0.15) is 0 Å². The number of hydrogen-bond acceptors (Lipinski definition) is 2. The minimum absolute atomic E-state index is 0.508. The van der Waals surface area contributed by atoms with Crippen LogP contribution >= 0.6 is 0 Å². The van der Waals surface area contributed by atoms with Gasteiger partial charge in [-0.3, -0.25) is 0 Å². The first-order valence-corrected chi connectivity index (χ1v) is 4.94. The maximum Gasteiger partial charge on any atom is 0.335 e. The van der Waals surface area contributed by atoms with E-state index in [0.29, 0.717) is 13.0 Å². The third kappa shape index (κ3) is 4.27. The molecule has 0 amide bonds. The maximum absolute atomic E-state index is 10.8. The SMILES string of the molecule is CCCCCOC(C)(CC)C(=O)O. The Hall–Kier alpha value is -0.570. The fourth-order valence-corrected chi connectivity index (χ4v) is 0.965. The first kappa shape index (κ1) is 12.4. The fraction of sp³-hybridized carbons (Fsp3) is 0.900. The van der Waals surface area contributed by atoms with E-state index in [1.165, 1.54) is 0 Å². The van der Waals surface area contributed by atoms with E-state index in [2.05, 4.69) is 6.92 Å². The predicted octanol–water partition coefficient (Wildman–Crippen LogP) is 2.45. The highest BCUT2D eigenvalue weighted by atomic mass is 16.5. The molecule has 1 atom stereocenters. The van der Waals surface area contributed by atoms with E-state index in [-0.39, 0.29) is 0 Å². The Balaban J connectivity index is 3.78. The lowest BCUT2D eigenvalue weighted by Crippen LogP contribution is -2.37. The number of ether oxygens (including phenoxy) is 1. The molecule has 78 valence electrons. The van der Waals surface area contributed by atoms with Gasteiger partial charge >= 0.3 is 5.97 Å². The van der Waals surface area contributed by atoms with Crippen LogP contribution < -0.4 is 0 Å². The number of hydrogen-bond donors (Lipinski definition) is 1. The average Bonchev–Trinajstić information content (AvgIpc) is 2.12. The lowest BCUT2D eigenvalue weighted by Gasteiger charge is -2.23. The van der Waals surface area contributed by atoms with Crippen molar-refractivity contribution in [3.05, 3.63) is 0 Å². The topological polar surface area (TPSA) is 46.5 Å². The molecule has 1 N–H and O–H groups in total. The number of rotatable bonds is 7. The molecule has 3 heteroatoms. The van der Waals surface area contributed by atoms with E-state index in [1.807, 2.05) is 6.92 Å². The number of carboxylic acids is 1. The van der Waals surface area contributed by atoms with E-state index in [0.717, 1.165) is 19.3 Å². The molecule has 0 bridgehead atoms. The van der Waals surface area contributed by atoms with Crippen molar-refractivity contribution < 1.29 is 14.6 Å². The summed E-state index contributed by atoms with van der Waals surface area (Å²) in [5, 5.41) is 8.86. The van der Waals surface area contributed by atoms with Crippen molar-refractivity contribution in [1.82, 2.24) is 0 Å². The molecule has 0 spiro atoms. The number of aliphatic carboxylic acids is 1. The van der Waals surface area contributed by atoms with E-state index in [1.54, 1.807) is 6.92 Å². The first-order valence-electron chi connectivity index (χ1n) is 4.94. The van der Waals surface area contributed by atoms with Crippen molar-refractivity contribution in [2.45, 2.75) is 52.1 Å². The fourth-order valence-electron chi connectivity index (χ4n) is 0.965. The van der Waals surface area contributed by atoms with Crippen LogP contribution in [0.4, 0.5) is 0 Å². The van der Waals surface area contributed by atoms with Gasteiger partial charge in [0.1, 0.15) is 0 Å². The van der Waals surface area contributed by atoms with Gasteiger partial charge in [0.05, 0.1) is 0 Å². The van der Waals surface area contributed by atoms with Gasteiger partial charge in [0.15, 0.2) is 5.60 Å². The Labute approximate surface area is 80.1 Å². The average molecular weight is 188 g/mol. The van der Waals surface area contributed by atoms with Crippen molar-refractivity contribution in [3.8, 4) is 0 Å². The summed E-state index contributed by atoms with van der Waals surface area (Å²) in [6, 6.07) is 0. The Morgan fingerprint density at radius 3 is 2.38 bits per heavy atom. The van der Waals surface area contributed by atoms with E-state index < -0.39 is 11.6 Å². The zero-order valence-electron chi connectivity index (χ0n) is 8.80. The summed E-state index contributed by atoms with van der Waals surface area (Å²) in [6.45, 7) is 6.11. The van der Waals surface area contributed by atoms with Crippen LogP contribution in [0.1, 0.15) is 46.5 Å². The molecule has 0 aliphatic rings. The van der Waals surface area contributed by atoms with Crippen molar-refractivity contribution in [3.63, 3.8) is 0 Å². The Kier molecular flexibility index (Phi) is 5.71. The molecule has 0 rings (SSSR count). The second-order valence-electron chi connectivity index (χ2n) is 3.45. The highest BCUT2D eigenvalue weighted by Gasteiger charge is 2.31. The molecule has 0 aromatic rings. The molecular formula is C10H20O3. The summed E-state index contributed by atoms with van der Waals surface area (Å²) in [5.74, 6) is -0.869. The summed E-state index contributed by atoms with van der Waals surface area (Å²) in [5.41, 5.74) is -0.992. The molecule has 0 aromatic heterocycles. The Morgan fingerprint density at radius 2 is 2.00 bits per heavy atom. The van der Waals surface area contributed by atoms with Crippen LogP contribution in [0.15, 0.2) is 0 Å². The Morgan fingerprint density at radius 1 is 1.38 bits per heavy atom. The van der Waals surface area contributed by atoms with E-state index in [9.17, 15) is 4.79 Å². The summed E-state index contributed by atoms with van der Waals surface area (Å²) < 4.78 is 5.34. The number of unbranched alkanes of at least 4 members (excludes halogenated alkanes) is 2. The molecule has 0 aliphatic heterocycles. The maximum atomic E-state index is 10.8. The van der Waals surface area contributed by atoms with Crippen molar-refractivity contribution in [1.29, 1.82) is 0 Å². The standard InChI is InChI=1S/C10H20O3/c1-4-6-7-8-13-10(3,5-2)9(11)12/h4-8H2,1-3H3,(H,11,12). The van der Waals surface area contributed by atoms with Crippen molar-refractivity contribution >= 4 is 5.97 Å². The highest BCUT2D eigenvalue weighted by Crippen LogP contribution is 2.15. The van der Waals surface area contributed by atoms with Gasteiger partial charge in [-0.25, -0.2) is 4.79 Å². The van der Waals surface area contributed by atoms with Gasteiger partial charge in [0, 0.05) is 6.61 Å². The third-order valence-electron chi connectivity index (χ3n) is 2.30. The van der Waals surface area contributed by atoms with E-state index in [4.69, 9.17) is 9.84 Å². The molecule has 0 heterocycles. The van der Waals surface area contributed by atoms with Crippen LogP contribution in [0, 0.1) is 0 Å². The van der Waals surface area contributed by atoms with Gasteiger partial charge in [0.25, 0.3) is 0 Å². The van der Waals surface area contributed by atoms with Crippen LogP contribution in [0.3, 0.4) is 0 Å². The summed E-state index contributed by atoms with van der Waals surface area (Å²) in [7, 11) is 0. The number of carbonyl (C=O) groups is 1. The second kappa shape index (κ2) is 5.97. The van der Waals surface area contributed by atoms with E-state index >= 15 is 0 Å². The second-order valence-corrected chi connectivity index (χ2v) is 3.45. The van der Waals surface area contributed by atoms with Gasteiger partial charge in [-0.1, -0.05) is 26.7 Å². The smallest absolute Gasteiger partial charge is 0.335 e. The molecule has 0 radical (unpaired) electrons. The van der Waals surface area contributed by atoms with Crippen LogP contribution in [0.25, 0.3) is 0 Å². The summed E-state index contributed by atoms with van der Waals surface area (Å²) in [4.78, 5) is 10.8. The minimum Gasteiger partial charge on any atom is -0.479 e. The molecule has 3 nitrogen and oxygen atoms in total. The third-order valence-corrected chi connectivity index (χ3v) is 2.30. The lowest BCUT2D eigenvalue weighted by molar-refractivity contribution is -0.164. The van der Waals surface area contributed by atoms with Crippen LogP contribution in [0.5, 0.6) is 0 Å². The molecular weight excluding hydrogens is 168 g/mol. The Bertz CT molecular complexity index is 156. The largest absolute Gasteiger partial charge is 0.479 e. The molecule has 13 heavy (non-hydrogen) atoms. The van der Waals surface area contributed by atoms with Gasteiger partial charge in [-0.05, 0) is 19.8 Å². The molecule has 0 aliphatic carbocycles. The van der Waals surface area contributed by atoms with Gasteiger partial charge < -0.3 is 9.84 Å². The van der Waals surface area contributed by atoms with Crippen LogP contribution in [-0.2, 0) is 9.53 Å². The normalized spacial score (nSPS) is 15.3. The molecule has 1 unspecified atom stereocenters. The minimum atomic E-state index is -0.992. The highest BCUT2D eigenvalue weighted by molar-refractivity contribution is 5.76. The van der Waals surface area contributed by atoms with Gasteiger partial charge in [-0.15, -0.1) is 0 Å². The quantitative estimate of drug-likeness (QED) is 0.624. The molecule has 0 saturated carbocycles. The monoisotopic (exact) mass is 188 g/mol. The van der Waals surface area contributed by atoms with Crippen molar-refractivity contribution in [2.24, 2.45) is 0 Å². The zero-order chi connectivity index (χ0) is 10.3. The molecule has 0 aromatic carbocycles. The van der Waals surface area contributed by atoms with Crippen LogP contribution in [0.2, 0.25) is 0 Å². The lowest BCUT2D eigenvalue weighted by atomic mass is 10.0. The van der Waals surface area contributed by atoms with Crippen LogP contribution in [-0.4, -0.2) is 23.3 Å². The zero-order valence-corrected chi connectivity index (χ0v) is 8.80. The van der Waals surface area contributed by atoms with Gasteiger partial charge in [0.2, 0.25) is 0 Å². The number of carboxylic acid groups (broad SMARTS) is 1. The summed E-state index contributed by atoms with van der Waals surface area (Å²) in [6.07, 6.45) is 3.67. The van der Waals surface area contributed by atoms with Crippen molar-refractivity contribution in [2.75, 3.05) is 6.61 Å². The molecule has 0 fully saturated rings. The first-order chi connectivity index (χ1) is 6.06.